The normalized spacial score (nSPS) is 11.5. The van der Waals surface area contributed by atoms with Crippen molar-refractivity contribution in [1.82, 2.24) is 4.98 Å². The molecule has 0 spiro atoms. The summed E-state index contributed by atoms with van der Waals surface area (Å²) < 4.78 is 6.80. The lowest BCUT2D eigenvalue weighted by Crippen LogP contribution is -1.96. The zero-order chi connectivity index (χ0) is 16.0. The summed E-state index contributed by atoms with van der Waals surface area (Å²) in [5.74, 6) is 0.946. The SMILES string of the molecule is Cc1c(N)cc(-c2nc3cc(C(C)C)cc(Br)c3o2)cc1N. The second kappa shape index (κ2) is 5.32. The molecule has 0 bridgehead atoms. The minimum atomic E-state index is 0.423. The van der Waals surface area contributed by atoms with Crippen LogP contribution < -0.4 is 11.5 Å². The Hall–Kier alpha value is -2.01. The first-order chi connectivity index (χ1) is 10.4. The molecule has 0 aliphatic heterocycles. The fourth-order valence-electron chi connectivity index (χ4n) is 2.35. The molecule has 4 N–H and O–H groups in total. The molecule has 0 atom stereocenters. The van der Waals surface area contributed by atoms with Crippen LogP contribution in [0.15, 0.2) is 33.2 Å². The molecule has 1 heterocycles. The smallest absolute Gasteiger partial charge is 0.227 e. The molecule has 0 fully saturated rings. The summed E-state index contributed by atoms with van der Waals surface area (Å²) in [4.78, 5) is 4.59. The Morgan fingerprint density at radius 2 is 1.73 bits per heavy atom. The summed E-state index contributed by atoms with van der Waals surface area (Å²) in [6, 6.07) is 7.81. The van der Waals surface area contributed by atoms with E-state index in [1.807, 2.05) is 19.1 Å². The molecule has 5 heteroatoms. The zero-order valence-electron chi connectivity index (χ0n) is 12.8. The molecular weight excluding hydrogens is 342 g/mol. The van der Waals surface area contributed by atoms with Gasteiger partial charge in [0.1, 0.15) is 5.52 Å². The van der Waals surface area contributed by atoms with E-state index in [4.69, 9.17) is 15.9 Å². The minimum Gasteiger partial charge on any atom is -0.435 e. The monoisotopic (exact) mass is 359 g/mol. The van der Waals surface area contributed by atoms with Crippen LogP contribution in [0.4, 0.5) is 11.4 Å². The number of nitrogen functional groups attached to an aromatic ring is 2. The third kappa shape index (κ3) is 2.46. The van der Waals surface area contributed by atoms with Gasteiger partial charge in [-0.05, 0) is 64.2 Å². The highest BCUT2D eigenvalue weighted by Gasteiger charge is 2.15. The standard InChI is InChI=1S/C17H18BrN3O/c1-8(2)10-4-12(18)16-15(7-10)21-17(22-16)11-5-13(19)9(3)14(20)6-11/h4-8H,19-20H2,1-3H3. The number of hydrogen-bond donors (Lipinski definition) is 2. The molecule has 0 aliphatic carbocycles. The van der Waals surface area contributed by atoms with Gasteiger partial charge in [0.25, 0.3) is 0 Å². The average Bonchev–Trinajstić information content (AvgIpc) is 2.88. The molecule has 0 radical (unpaired) electrons. The summed E-state index contributed by atoms with van der Waals surface area (Å²) >= 11 is 3.56. The summed E-state index contributed by atoms with van der Waals surface area (Å²) in [6.45, 7) is 6.19. The van der Waals surface area contributed by atoms with Crippen LogP contribution >= 0.6 is 15.9 Å². The molecule has 0 saturated heterocycles. The van der Waals surface area contributed by atoms with Crippen LogP contribution in [0.5, 0.6) is 0 Å². The van der Waals surface area contributed by atoms with Gasteiger partial charge < -0.3 is 15.9 Å². The Balaban J connectivity index is 2.19. The van der Waals surface area contributed by atoms with E-state index in [0.29, 0.717) is 23.2 Å². The predicted molar refractivity (Wildman–Crippen MR) is 94.8 cm³/mol. The molecule has 114 valence electrons. The van der Waals surface area contributed by atoms with Crippen molar-refractivity contribution in [1.29, 1.82) is 0 Å². The average molecular weight is 360 g/mol. The lowest BCUT2D eigenvalue weighted by Gasteiger charge is -2.05. The van der Waals surface area contributed by atoms with Gasteiger partial charge in [-0.15, -0.1) is 0 Å². The summed E-state index contributed by atoms with van der Waals surface area (Å²) in [5, 5.41) is 0. The lowest BCUT2D eigenvalue weighted by molar-refractivity contribution is 0.618. The van der Waals surface area contributed by atoms with Crippen LogP contribution in [-0.2, 0) is 0 Å². The Labute approximate surface area is 137 Å². The van der Waals surface area contributed by atoms with Crippen LogP contribution in [0.1, 0.15) is 30.9 Å². The maximum Gasteiger partial charge on any atom is 0.227 e. The number of oxazole rings is 1. The van der Waals surface area contributed by atoms with Gasteiger partial charge >= 0.3 is 0 Å². The highest BCUT2D eigenvalue weighted by atomic mass is 79.9. The Bertz CT molecular complexity index is 845. The number of hydrogen-bond acceptors (Lipinski definition) is 4. The molecule has 2 aromatic carbocycles. The quantitative estimate of drug-likeness (QED) is 0.640. The van der Waals surface area contributed by atoms with E-state index in [1.165, 1.54) is 5.56 Å². The maximum atomic E-state index is 5.99. The Morgan fingerprint density at radius 3 is 2.32 bits per heavy atom. The Morgan fingerprint density at radius 1 is 1.09 bits per heavy atom. The molecule has 3 rings (SSSR count). The lowest BCUT2D eigenvalue weighted by atomic mass is 10.0. The van der Waals surface area contributed by atoms with Gasteiger partial charge in [0.2, 0.25) is 5.89 Å². The Kier molecular flexibility index (Phi) is 3.60. The van der Waals surface area contributed by atoms with Crippen molar-refractivity contribution in [3.8, 4) is 11.5 Å². The van der Waals surface area contributed by atoms with E-state index in [1.54, 1.807) is 0 Å². The number of rotatable bonds is 2. The van der Waals surface area contributed by atoms with Crippen LogP contribution in [0, 0.1) is 6.92 Å². The van der Waals surface area contributed by atoms with Crippen molar-refractivity contribution in [3.05, 3.63) is 39.9 Å². The molecular formula is C17H18BrN3O. The van der Waals surface area contributed by atoms with Gasteiger partial charge in [-0.25, -0.2) is 4.98 Å². The van der Waals surface area contributed by atoms with E-state index < -0.39 is 0 Å². The van der Waals surface area contributed by atoms with Gasteiger partial charge in [-0.2, -0.15) is 0 Å². The number of halogens is 1. The number of benzene rings is 2. The fourth-order valence-corrected chi connectivity index (χ4v) is 2.90. The van der Waals surface area contributed by atoms with Crippen molar-refractivity contribution in [2.24, 2.45) is 0 Å². The predicted octanol–water partition coefficient (Wildman–Crippen LogP) is 4.85. The number of nitrogens with two attached hydrogens (primary N) is 2. The van der Waals surface area contributed by atoms with Crippen LogP contribution in [0.2, 0.25) is 0 Å². The summed E-state index contributed by atoms with van der Waals surface area (Å²) in [5.41, 5.74) is 17.7. The zero-order valence-corrected chi connectivity index (χ0v) is 14.4. The molecule has 4 nitrogen and oxygen atoms in total. The third-order valence-corrected chi connectivity index (χ3v) is 4.46. The second-order valence-electron chi connectivity index (χ2n) is 5.80. The number of nitrogens with zero attached hydrogens (tertiary/aromatic N) is 1. The van der Waals surface area contributed by atoms with E-state index in [0.717, 1.165) is 26.7 Å². The van der Waals surface area contributed by atoms with Gasteiger partial charge in [0.15, 0.2) is 5.58 Å². The first-order valence-corrected chi connectivity index (χ1v) is 7.92. The summed E-state index contributed by atoms with van der Waals surface area (Å²) in [7, 11) is 0. The molecule has 0 saturated carbocycles. The first kappa shape index (κ1) is 14.9. The number of fused-ring (bicyclic) bond motifs is 1. The molecule has 22 heavy (non-hydrogen) atoms. The van der Waals surface area contributed by atoms with Crippen molar-refractivity contribution in [2.45, 2.75) is 26.7 Å². The molecule has 0 unspecified atom stereocenters. The largest absolute Gasteiger partial charge is 0.435 e. The maximum absolute atomic E-state index is 5.99. The number of aromatic nitrogens is 1. The second-order valence-corrected chi connectivity index (χ2v) is 6.66. The highest BCUT2D eigenvalue weighted by molar-refractivity contribution is 9.10. The van der Waals surface area contributed by atoms with Gasteiger partial charge in [0, 0.05) is 16.9 Å². The molecule has 0 amide bonds. The molecule has 3 aromatic rings. The third-order valence-electron chi connectivity index (χ3n) is 3.87. The highest BCUT2D eigenvalue weighted by Crippen LogP contribution is 2.34. The van der Waals surface area contributed by atoms with Crippen molar-refractivity contribution < 1.29 is 4.42 Å². The van der Waals surface area contributed by atoms with E-state index in [9.17, 15) is 0 Å². The molecule has 0 aliphatic rings. The summed E-state index contributed by atoms with van der Waals surface area (Å²) in [6.07, 6.45) is 0. The van der Waals surface area contributed by atoms with Crippen LogP contribution in [0.25, 0.3) is 22.6 Å². The molecule has 1 aromatic heterocycles. The topological polar surface area (TPSA) is 78.1 Å². The van der Waals surface area contributed by atoms with Crippen LogP contribution in [-0.4, -0.2) is 4.98 Å². The number of anilines is 2. The first-order valence-electron chi connectivity index (χ1n) is 7.12. The van der Waals surface area contributed by atoms with Crippen molar-refractivity contribution in [3.63, 3.8) is 0 Å². The van der Waals surface area contributed by atoms with E-state index in [-0.39, 0.29) is 0 Å². The van der Waals surface area contributed by atoms with Gasteiger partial charge in [-0.3, -0.25) is 0 Å². The fraction of sp³-hybridized carbons (Fsp3) is 0.235. The van der Waals surface area contributed by atoms with Crippen molar-refractivity contribution in [2.75, 3.05) is 11.5 Å². The van der Waals surface area contributed by atoms with E-state index >= 15 is 0 Å². The van der Waals surface area contributed by atoms with Crippen LogP contribution in [0.3, 0.4) is 0 Å². The van der Waals surface area contributed by atoms with Gasteiger partial charge in [-0.1, -0.05) is 13.8 Å². The van der Waals surface area contributed by atoms with Crippen molar-refractivity contribution >= 4 is 38.4 Å². The van der Waals surface area contributed by atoms with E-state index in [2.05, 4.69) is 46.9 Å². The van der Waals surface area contributed by atoms with Gasteiger partial charge in [0.05, 0.1) is 4.47 Å². The minimum absolute atomic E-state index is 0.423.